The van der Waals surface area contributed by atoms with E-state index in [0.717, 1.165) is 0 Å². The van der Waals surface area contributed by atoms with Crippen LogP contribution in [0.3, 0.4) is 0 Å². The zero-order valence-corrected chi connectivity index (χ0v) is 19.3. The van der Waals surface area contributed by atoms with E-state index in [1.165, 1.54) is 6.07 Å². The Labute approximate surface area is 189 Å². The van der Waals surface area contributed by atoms with Crippen molar-refractivity contribution >= 4 is 22.9 Å². The third-order valence-electron chi connectivity index (χ3n) is 6.95. The Morgan fingerprint density at radius 2 is 1.48 bits per heavy atom. The first-order chi connectivity index (χ1) is 15.3. The predicted molar refractivity (Wildman–Crippen MR) is 114 cm³/mol. The Bertz CT molecular complexity index is 1230. The van der Waals surface area contributed by atoms with Crippen LogP contribution in [0.1, 0.15) is 53.2 Å². The molecule has 9 heteroatoms. The average molecular weight is 458 g/mol. The SMILES string of the molecule is C[C@@H]1O[C@]1(C)C(=O)O[C@@H]1c2cc3ccc(=O)oc3cc2OC(C)(C)[C@@H]1OC(=O)[C@@]1(C)O[C@H]1C. The van der Waals surface area contributed by atoms with E-state index >= 15 is 0 Å². The number of esters is 2. The van der Waals surface area contributed by atoms with Gasteiger partial charge in [-0.15, -0.1) is 0 Å². The first-order valence-electron chi connectivity index (χ1n) is 10.9. The standard InChI is InChI=1S/C24H26O9/c1-11-23(5,31-11)20(26)29-18-14-9-13-7-8-17(25)28-15(13)10-16(14)33-22(3,4)19(18)30-21(27)24(6)12(2)32-24/h7-12,18-19H,1-6H3/t11-,12-,18+,19+,23-,24-/m0/s1. The van der Waals surface area contributed by atoms with E-state index in [2.05, 4.69) is 0 Å². The summed E-state index contributed by atoms with van der Waals surface area (Å²) >= 11 is 0. The molecule has 0 unspecified atom stereocenters. The molecule has 5 rings (SSSR count). The first-order valence-corrected chi connectivity index (χ1v) is 10.9. The number of epoxide rings is 2. The van der Waals surface area contributed by atoms with E-state index in [0.29, 0.717) is 22.3 Å². The highest BCUT2D eigenvalue weighted by Crippen LogP contribution is 2.48. The first kappa shape index (κ1) is 21.9. The number of rotatable bonds is 4. The molecule has 2 saturated heterocycles. The zero-order valence-electron chi connectivity index (χ0n) is 19.3. The second-order valence-electron chi connectivity index (χ2n) is 9.77. The van der Waals surface area contributed by atoms with Crippen LogP contribution in [0, 0.1) is 0 Å². The lowest BCUT2D eigenvalue weighted by Crippen LogP contribution is -2.53. The number of hydrogen-bond donors (Lipinski definition) is 0. The second kappa shape index (κ2) is 6.80. The van der Waals surface area contributed by atoms with Gasteiger partial charge in [0.2, 0.25) is 0 Å². The minimum Gasteiger partial charge on any atom is -0.483 e. The molecule has 6 atom stereocenters. The Morgan fingerprint density at radius 1 is 0.909 bits per heavy atom. The number of fused-ring (bicyclic) bond motifs is 2. The maximum Gasteiger partial charge on any atom is 0.341 e. The lowest BCUT2D eigenvalue weighted by atomic mass is 9.87. The molecule has 0 spiro atoms. The van der Waals surface area contributed by atoms with Crippen molar-refractivity contribution in [3.63, 3.8) is 0 Å². The maximum absolute atomic E-state index is 13.0. The minimum absolute atomic E-state index is 0.280. The number of ether oxygens (including phenoxy) is 5. The predicted octanol–water partition coefficient (Wildman–Crippen LogP) is 2.81. The summed E-state index contributed by atoms with van der Waals surface area (Å²) in [5.74, 6) is -0.758. The fourth-order valence-electron chi connectivity index (χ4n) is 4.18. The highest BCUT2D eigenvalue weighted by molar-refractivity contribution is 5.85. The number of hydrogen-bond acceptors (Lipinski definition) is 9. The molecule has 176 valence electrons. The topological polar surface area (TPSA) is 117 Å². The summed E-state index contributed by atoms with van der Waals surface area (Å²) in [6.07, 6.45) is -2.52. The number of carbonyl (C=O) groups excluding carboxylic acids is 2. The Balaban J connectivity index is 1.58. The molecule has 0 amide bonds. The van der Waals surface area contributed by atoms with Gasteiger partial charge in [-0.1, -0.05) is 0 Å². The van der Waals surface area contributed by atoms with Gasteiger partial charge in [-0.2, -0.15) is 0 Å². The van der Waals surface area contributed by atoms with Crippen LogP contribution in [0.4, 0.5) is 0 Å². The van der Waals surface area contributed by atoms with Crippen LogP contribution in [0.15, 0.2) is 33.5 Å². The van der Waals surface area contributed by atoms with Crippen molar-refractivity contribution in [1.29, 1.82) is 0 Å². The normalized spacial score (nSPS) is 35.8. The van der Waals surface area contributed by atoms with Crippen molar-refractivity contribution in [1.82, 2.24) is 0 Å². The van der Waals surface area contributed by atoms with Gasteiger partial charge in [0.25, 0.3) is 0 Å². The molecule has 0 saturated carbocycles. The maximum atomic E-state index is 13.0. The quantitative estimate of drug-likeness (QED) is 0.387. The molecule has 0 radical (unpaired) electrons. The molecule has 0 bridgehead atoms. The van der Waals surface area contributed by atoms with Crippen molar-refractivity contribution in [2.75, 3.05) is 0 Å². The monoisotopic (exact) mass is 458 g/mol. The molecule has 1 aromatic heterocycles. The molecule has 2 aromatic rings. The van der Waals surface area contributed by atoms with Crippen molar-refractivity contribution in [2.24, 2.45) is 0 Å². The van der Waals surface area contributed by atoms with E-state index in [-0.39, 0.29) is 12.2 Å². The van der Waals surface area contributed by atoms with Crippen molar-refractivity contribution < 1.29 is 37.7 Å². The molecule has 3 aliphatic heterocycles. The van der Waals surface area contributed by atoms with Gasteiger partial charge in [0, 0.05) is 23.1 Å². The van der Waals surface area contributed by atoms with Crippen molar-refractivity contribution in [3.05, 3.63) is 40.2 Å². The highest BCUT2D eigenvalue weighted by atomic mass is 16.7. The molecule has 33 heavy (non-hydrogen) atoms. The van der Waals surface area contributed by atoms with Gasteiger partial charge in [0.05, 0.1) is 12.2 Å². The lowest BCUT2D eigenvalue weighted by Gasteiger charge is -2.43. The lowest BCUT2D eigenvalue weighted by molar-refractivity contribution is -0.196. The summed E-state index contributed by atoms with van der Waals surface area (Å²) in [7, 11) is 0. The summed E-state index contributed by atoms with van der Waals surface area (Å²) in [6, 6.07) is 6.20. The van der Waals surface area contributed by atoms with Gasteiger partial charge in [0.15, 0.2) is 23.4 Å². The zero-order chi connectivity index (χ0) is 23.9. The minimum atomic E-state index is -1.08. The summed E-state index contributed by atoms with van der Waals surface area (Å²) in [5.41, 5.74) is -2.88. The van der Waals surface area contributed by atoms with E-state index in [1.807, 2.05) is 0 Å². The van der Waals surface area contributed by atoms with Crippen LogP contribution >= 0.6 is 0 Å². The Kier molecular flexibility index (Phi) is 4.52. The van der Waals surface area contributed by atoms with Gasteiger partial charge < -0.3 is 28.1 Å². The third kappa shape index (κ3) is 3.41. The van der Waals surface area contributed by atoms with Crippen LogP contribution in [0.2, 0.25) is 0 Å². The molecule has 0 N–H and O–H groups in total. The molecule has 4 heterocycles. The Hall–Kier alpha value is -2.91. The fourth-order valence-corrected chi connectivity index (χ4v) is 4.18. The molecule has 3 aliphatic rings. The van der Waals surface area contributed by atoms with E-state index in [1.54, 1.807) is 59.7 Å². The second-order valence-corrected chi connectivity index (χ2v) is 9.77. The van der Waals surface area contributed by atoms with Crippen LogP contribution in [0.5, 0.6) is 5.75 Å². The summed E-state index contributed by atoms with van der Waals surface area (Å²) < 4.78 is 34.1. The molecule has 0 aliphatic carbocycles. The summed E-state index contributed by atoms with van der Waals surface area (Å²) in [5, 5.41) is 0.608. The largest absolute Gasteiger partial charge is 0.483 e. The van der Waals surface area contributed by atoms with Gasteiger partial charge >= 0.3 is 17.6 Å². The van der Waals surface area contributed by atoms with Gasteiger partial charge in [-0.3, -0.25) is 0 Å². The van der Waals surface area contributed by atoms with Crippen LogP contribution in [0.25, 0.3) is 11.0 Å². The molecule has 2 fully saturated rings. The van der Waals surface area contributed by atoms with Crippen molar-refractivity contribution in [3.8, 4) is 5.75 Å². The van der Waals surface area contributed by atoms with Crippen molar-refractivity contribution in [2.45, 2.75) is 82.8 Å². The molecular formula is C24H26O9. The van der Waals surface area contributed by atoms with E-state index in [9.17, 15) is 14.4 Å². The summed E-state index contributed by atoms with van der Waals surface area (Å²) in [4.78, 5) is 37.6. The van der Waals surface area contributed by atoms with Crippen LogP contribution < -0.4 is 10.4 Å². The molecular weight excluding hydrogens is 432 g/mol. The van der Waals surface area contributed by atoms with Gasteiger partial charge in [-0.05, 0) is 53.7 Å². The average Bonchev–Trinajstić information content (AvgIpc) is 3.57. The number of carbonyl (C=O) groups is 2. The van der Waals surface area contributed by atoms with E-state index in [4.69, 9.17) is 28.1 Å². The highest BCUT2D eigenvalue weighted by Gasteiger charge is 2.61. The summed E-state index contributed by atoms with van der Waals surface area (Å²) in [6.45, 7) is 10.3. The third-order valence-corrected chi connectivity index (χ3v) is 6.95. The molecule has 9 nitrogen and oxygen atoms in total. The van der Waals surface area contributed by atoms with Gasteiger partial charge in [0.1, 0.15) is 16.9 Å². The number of benzene rings is 1. The smallest absolute Gasteiger partial charge is 0.341 e. The van der Waals surface area contributed by atoms with Crippen LogP contribution in [-0.4, -0.2) is 47.1 Å². The molecule has 1 aromatic carbocycles. The van der Waals surface area contributed by atoms with Gasteiger partial charge in [-0.25, -0.2) is 14.4 Å². The van der Waals surface area contributed by atoms with E-state index < -0.39 is 46.6 Å². The van der Waals surface area contributed by atoms with Crippen LogP contribution in [-0.2, 0) is 28.5 Å². The Morgan fingerprint density at radius 3 is 2.06 bits per heavy atom. The fraction of sp³-hybridized carbons (Fsp3) is 0.542.